The molecule has 0 aromatic heterocycles. The molecule has 0 saturated carbocycles. The first-order valence-electron chi connectivity index (χ1n) is 21.6. The Morgan fingerprint density at radius 3 is 1.39 bits per heavy atom. The molecule has 10 aromatic carbocycles. The summed E-state index contributed by atoms with van der Waals surface area (Å²) < 4.78 is 0. The van der Waals surface area contributed by atoms with Crippen LogP contribution in [0.3, 0.4) is 0 Å². The minimum atomic E-state index is -0.110. The Morgan fingerprint density at radius 1 is 0.258 bits per heavy atom. The van der Waals surface area contributed by atoms with Crippen molar-refractivity contribution in [2.45, 2.75) is 19.3 Å². The molecule has 0 amide bonds. The van der Waals surface area contributed by atoms with Gasteiger partial charge in [0.1, 0.15) is 0 Å². The third kappa shape index (κ3) is 6.79. The van der Waals surface area contributed by atoms with Gasteiger partial charge in [-0.05, 0) is 143 Å². The van der Waals surface area contributed by atoms with E-state index in [0.29, 0.717) is 0 Å². The lowest BCUT2D eigenvalue weighted by Gasteiger charge is -2.28. The maximum absolute atomic E-state index is 2.42. The molecule has 0 atom stereocenters. The Kier molecular flexibility index (Phi) is 9.24. The Balaban J connectivity index is 0.936. The molecule has 11 rings (SSSR count). The lowest BCUT2D eigenvalue weighted by atomic mass is 9.82. The van der Waals surface area contributed by atoms with E-state index >= 15 is 0 Å². The summed E-state index contributed by atoms with van der Waals surface area (Å²) in [5.41, 5.74) is 20.7. The molecule has 62 heavy (non-hydrogen) atoms. The molecule has 0 radical (unpaired) electrons. The summed E-state index contributed by atoms with van der Waals surface area (Å²) in [4.78, 5) is 2.42. The second kappa shape index (κ2) is 15.4. The van der Waals surface area contributed by atoms with E-state index in [2.05, 4.69) is 255 Å². The maximum atomic E-state index is 2.42. The molecule has 0 aliphatic heterocycles. The number of hydrogen-bond acceptors (Lipinski definition) is 1. The maximum Gasteiger partial charge on any atom is 0.0467 e. The summed E-state index contributed by atoms with van der Waals surface area (Å²) in [6.45, 7) is 4.71. The van der Waals surface area contributed by atoms with Crippen molar-refractivity contribution in [3.8, 4) is 66.8 Å². The number of fused-ring (bicyclic) bond motifs is 4. The van der Waals surface area contributed by atoms with E-state index in [1.165, 1.54) is 88.7 Å². The molecule has 1 nitrogen and oxygen atoms in total. The van der Waals surface area contributed by atoms with Crippen LogP contribution < -0.4 is 4.90 Å². The Hall–Kier alpha value is -7.74. The molecule has 0 unspecified atom stereocenters. The van der Waals surface area contributed by atoms with Crippen molar-refractivity contribution in [3.63, 3.8) is 0 Å². The van der Waals surface area contributed by atoms with E-state index in [1.54, 1.807) is 0 Å². The monoisotopic (exact) mass is 791 g/mol. The second-order valence-corrected chi connectivity index (χ2v) is 17.0. The van der Waals surface area contributed by atoms with Crippen LogP contribution in [0.2, 0.25) is 0 Å². The Morgan fingerprint density at radius 2 is 0.694 bits per heavy atom. The number of benzene rings is 10. The van der Waals surface area contributed by atoms with Gasteiger partial charge in [0, 0.05) is 22.5 Å². The molecule has 0 bridgehead atoms. The first kappa shape index (κ1) is 37.3. The SMILES string of the molecule is CC1(C)c2ccccc2-c2ccc(N(c3ccc(-c4ccc(-c5cccc(-c6ccc7ccccc7c6)c5)cc4)cc3)c3cccc(-c4cccc(-c5ccccc5)c4)c3)cc21. The van der Waals surface area contributed by atoms with Crippen molar-refractivity contribution < 1.29 is 0 Å². The van der Waals surface area contributed by atoms with E-state index in [1.807, 2.05) is 0 Å². The van der Waals surface area contributed by atoms with E-state index in [9.17, 15) is 0 Å². The number of nitrogens with zero attached hydrogens (tertiary/aromatic N) is 1. The lowest BCUT2D eigenvalue weighted by Crippen LogP contribution is -2.16. The van der Waals surface area contributed by atoms with Crippen LogP contribution in [0, 0.1) is 0 Å². The zero-order valence-electron chi connectivity index (χ0n) is 35.0. The average Bonchev–Trinajstić information content (AvgIpc) is 3.57. The molecule has 0 spiro atoms. The van der Waals surface area contributed by atoms with Crippen molar-refractivity contribution >= 4 is 27.8 Å². The summed E-state index contributed by atoms with van der Waals surface area (Å²) in [5.74, 6) is 0. The zero-order chi connectivity index (χ0) is 41.6. The normalized spacial score (nSPS) is 12.5. The average molecular weight is 792 g/mol. The standard InChI is InChI=1S/C61H45N/c1-61(2)59-24-9-8-23-57(59)58-36-35-56(41-60(58)61)62(55-22-12-21-52(40-55)50-19-10-17-48(37-50)42-13-4-3-5-14-42)54-33-31-45(32-34-54)44-25-27-46(28-26-44)49-18-11-20-51(38-49)53-30-29-43-15-6-7-16-47(43)39-53/h3-41H,1-2H3. The summed E-state index contributed by atoms with van der Waals surface area (Å²) in [7, 11) is 0. The van der Waals surface area contributed by atoms with Crippen LogP contribution >= 0.6 is 0 Å². The molecule has 1 aliphatic carbocycles. The van der Waals surface area contributed by atoms with Crippen molar-refractivity contribution in [1.29, 1.82) is 0 Å². The molecule has 0 fully saturated rings. The third-order valence-electron chi connectivity index (χ3n) is 12.9. The van der Waals surface area contributed by atoms with Gasteiger partial charge >= 0.3 is 0 Å². The molecule has 0 heterocycles. The minimum absolute atomic E-state index is 0.110. The summed E-state index contributed by atoms with van der Waals surface area (Å²) >= 11 is 0. The van der Waals surface area contributed by atoms with Gasteiger partial charge in [0.2, 0.25) is 0 Å². The molecular formula is C61H45N. The summed E-state index contributed by atoms with van der Waals surface area (Å²) in [6.07, 6.45) is 0. The molecule has 0 N–H and O–H groups in total. The predicted molar refractivity (Wildman–Crippen MR) is 263 cm³/mol. The first-order valence-corrected chi connectivity index (χ1v) is 21.6. The fourth-order valence-electron chi connectivity index (χ4n) is 9.52. The highest BCUT2D eigenvalue weighted by Gasteiger charge is 2.35. The highest BCUT2D eigenvalue weighted by Crippen LogP contribution is 2.51. The smallest absolute Gasteiger partial charge is 0.0467 e. The topological polar surface area (TPSA) is 3.24 Å². The number of rotatable bonds is 8. The minimum Gasteiger partial charge on any atom is -0.310 e. The molecule has 294 valence electrons. The van der Waals surface area contributed by atoms with Crippen LogP contribution in [-0.2, 0) is 5.41 Å². The van der Waals surface area contributed by atoms with E-state index < -0.39 is 0 Å². The fraction of sp³-hybridized carbons (Fsp3) is 0.0492. The van der Waals surface area contributed by atoms with E-state index in [-0.39, 0.29) is 5.41 Å². The molecular weight excluding hydrogens is 747 g/mol. The number of hydrogen-bond donors (Lipinski definition) is 0. The first-order chi connectivity index (χ1) is 30.5. The van der Waals surface area contributed by atoms with Gasteiger partial charge in [0.25, 0.3) is 0 Å². The highest BCUT2D eigenvalue weighted by atomic mass is 15.1. The Labute approximate surface area is 364 Å². The van der Waals surface area contributed by atoms with Crippen LogP contribution in [0.25, 0.3) is 77.5 Å². The lowest BCUT2D eigenvalue weighted by molar-refractivity contribution is 0.660. The fourth-order valence-corrected chi connectivity index (χ4v) is 9.52. The van der Waals surface area contributed by atoms with Crippen LogP contribution in [0.15, 0.2) is 237 Å². The van der Waals surface area contributed by atoms with Gasteiger partial charge in [0.05, 0.1) is 0 Å². The van der Waals surface area contributed by atoms with Gasteiger partial charge in [-0.15, -0.1) is 0 Å². The summed E-state index contributed by atoms with van der Waals surface area (Å²) in [6, 6.07) is 86.6. The van der Waals surface area contributed by atoms with Crippen molar-refractivity contribution in [2.75, 3.05) is 4.90 Å². The van der Waals surface area contributed by atoms with Crippen molar-refractivity contribution in [2.24, 2.45) is 0 Å². The predicted octanol–water partition coefficient (Wildman–Crippen LogP) is 17.0. The van der Waals surface area contributed by atoms with Crippen LogP contribution in [0.5, 0.6) is 0 Å². The number of anilines is 3. The quantitative estimate of drug-likeness (QED) is 0.148. The van der Waals surface area contributed by atoms with Gasteiger partial charge in [-0.1, -0.05) is 196 Å². The molecule has 1 aliphatic rings. The highest BCUT2D eigenvalue weighted by molar-refractivity contribution is 5.89. The van der Waals surface area contributed by atoms with Gasteiger partial charge in [0.15, 0.2) is 0 Å². The Bertz CT molecular complexity index is 3250. The largest absolute Gasteiger partial charge is 0.310 e. The molecule has 0 saturated heterocycles. The third-order valence-corrected chi connectivity index (χ3v) is 12.9. The van der Waals surface area contributed by atoms with Gasteiger partial charge in [-0.3, -0.25) is 0 Å². The molecule has 10 aromatic rings. The van der Waals surface area contributed by atoms with Crippen molar-refractivity contribution in [1.82, 2.24) is 0 Å². The van der Waals surface area contributed by atoms with Crippen molar-refractivity contribution in [3.05, 3.63) is 248 Å². The van der Waals surface area contributed by atoms with Gasteiger partial charge < -0.3 is 4.90 Å². The van der Waals surface area contributed by atoms with Crippen LogP contribution in [-0.4, -0.2) is 0 Å². The van der Waals surface area contributed by atoms with E-state index in [4.69, 9.17) is 0 Å². The molecule has 1 heteroatoms. The zero-order valence-corrected chi connectivity index (χ0v) is 35.0. The van der Waals surface area contributed by atoms with Crippen LogP contribution in [0.1, 0.15) is 25.0 Å². The second-order valence-electron chi connectivity index (χ2n) is 17.0. The van der Waals surface area contributed by atoms with Gasteiger partial charge in [-0.25, -0.2) is 0 Å². The van der Waals surface area contributed by atoms with E-state index in [0.717, 1.165) is 17.1 Å². The van der Waals surface area contributed by atoms with Crippen LogP contribution in [0.4, 0.5) is 17.1 Å². The van der Waals surface area contributed by atoms with Gasteiger partial charge in [-0.2, -0.15) is 0 Å². The summed E-state index contributed by atoms with van der Waals surface area (Å²) in [5, 5.41) is 2.52.